The Morgan fingerprint density at radius 3 is 3.00 bits per heavy atom. The molecule has 5 nitrogen and oxygen atoms in total. The topological polar surface area (TPSA) is 54.2 Å². The number of thiazole rings is 1. The van der Waals surface area contributed by atoms with E-state index in [2.05, 4.69) is 28.2 Å². The van der Waals surface area contributed by atoms with Crippen LogP contribution in [-0.2, 0) is 13.1 Å². The predicted molar refractivity (Wildman–Crippen MR) is 92.8 cm³/mol. The average molecular weight is 328 g/mol. The molecule has 0 radical (unpaired) electrons. The number of aromatic nitrogens is 3. The van der Waals surface area contributed by atoms with E-state index in [1.807, 2.05) is 23.7 Å². The number of aryl methyl sites for hydroxylation is 1. The second-order valence-corrected chi connectivity index (χ2v) is 6.96. The van der Waals surface area contributed by atoms with Crippen LogP contribution in [0.2, 0.25) is 0 Å². The first-order chi connectivity index (χ1) is 11.2. The van der Waals surface area contributed by atoms with Gasteiger partial charge in [-0.1, -0.05) is 30.4 Å². The molecule has 1 aromatic carbocycles. The van der Waals surface area contributed by atoms with E-state index in [4.69, 9.17) is 4.98 Å². The lowest BCUT2D eigenvalue weighted by Crippen LogP contribution is -2.22. The van der Waals surface area contributed by atoms with Gasteiger partial charge in [0.05, 0.1) is 34.3 Å². The minimum atomic E-state index is -0.467. The first-order valence-corrected chi connectivity index (χ1v) is 8.91. The van der Waals surface area contributed by atoms with Gasteiger partial charge in [-0.2, -0.15) is 5.10 Å². The molecular weight excluding hydrogens is 308 g/mol. The SMILES string of the molecule is CC[C@H](O)c1cc2n(n1)CCCN(c1nc3ccccc3s1)C2. The Morgan fingerprint density at radius 1 is 1.30 bits per heavy atom. The van der Waals surface area contributed by atoms with Crippen LogP contribution in [0.4, 0.5) is 5.13 Å². The summed E-state index contributed by atoms with van der Waals surface area (Å²) in [5.74, 6) is 0. The maximum atomic E-state index is 10.0. The number of para-hydroxylation sites is 1. The van der Waals surface area contributed by atoms with Crippen LogP contribution in [0.1, 0.15) is 37.3 Å². The largest absolute Gasteiger partial charge is 0.387 e. The number of anilines is 1. The van der Waals surface area contributed by atoms with Crippen molar-refractivity contribution in [2.24, 2.45) is 0 Å². The zero-order chi connectivity index (χ0) is 15.8. The van der Waals surface area contributed by atoms with Gasteiger partial charge in [-0.3, -0.25) is 4.68 Å². The molecule has 2 aromatic heterocycles. The quantitative estimate of drug-likeness (QED) is 0.801. The molecule has 1 aliphatic rings. The van der Waals surface area contributed by atoms with Gasteiger partial charge in [0.25, 0.3) is 0 Å². The van der Waals surface area contributed by atoms with Crippen LogP contribution in [0.3, 0.4) is 0 Å². The van der Waals surface area contributed by atoms with E-state index >= 15 is 0 Å². The van der Waals surface area contributed by atoms with Gasteiger partial charge in [0, 0.05) is 13.1 Å². The highest BCUT2D eigenvalue weighted by atomic mass is 32.1. The van der Waals surface area contributed by atoms with E-state index in [1.54, 1.807) is 11.3 Å². The Bertz CT molecular complexity index is 792. The third kappa shape index (κ3) is 2.72. The summed E-state index contributed by atoms with van der Waals surface area (Å²) in [5.41, 5.74) is 3.00. The lowest BCUT2D eigenvalue weighted by Gasteiger charge is -2.18. The molecule has 4 rings (SSSR count). The lowest BCUT2D eigenvalue weighted by atomic mass is 10.2. The highest BCUT2D eigenvalue weighted by Gasteiger charge is 2.21. The molecule has 0 saturated carbocycles. The molecule has 0 spiro atoms. The molecule has 0 amide bonds. The number of nitrogens with zero attached hydrogens (tertiary/aromatic N) is 4. The van der Waals surface area contributed by atoms with Crippen LogP contribution in [0, 0.1) is 0 Å². The van der Waals surface area contributed by atoms with Crippen molar-refractivity contribution in [3.8, 4) is 0 Å². The van der Waals surface area contributed by atoms with Crippen molar-refractivity contribution >= 4 is 26.7 Å². The molecule has 3 heterocycles. The molecule has 120 valence electrons. The summed E-state index contributed by atoms with van der Waals surface area (Å²) >= 11 is 1.74. The predicted octanol–water partition coefficient (Wildman–Crippen LogP) is 3.35. The van der Waals surface area contributed by atoms with Crippen molar-refractivity contribution in [1.82, 2.24) is 14.8 Å². The lowest BCUT2D eigenvalue weighted by molar-refractivity contribution is 0.168. The van der Waals surface area contributed by atoms with Crippen molar-refractivity contribution in [1.29, 1.82) is 0 Å². The Labute approximate surface area is 139 Å². The molecule has 0 aliphatic carbocycles. The fourth-order valence-corrected chi connectivity index (χ4v) is 4.01. The second-order valence-electron chi connectivity index (χ2n) is 5.95. The first kappa shape index (κ1) is 14.7. The van der Waals surface area contributed by atoms with Gasteiger partial charge in [-0.15, -0.1) is 0 Å². The number of hydrogen-bond acceptors (Lipinski definition) is 5. The molecule has 0 unspecified atom stereocenters. The van der Waals surface area contributed by atoms with Gasteiger partial charge in [-0.25, -0.2) is 4.98 Å². The van der Waals surface area contributed by atoms with Crippen molar-refractivity contribution in [3.63, 3.8) is 0 Å². The fourth-order valence-electron chi connectivity index (χ4n) is 3.02. The number of aliphatic hydroxyl groups is 1. The molecule has 0 bridgehead atoms. The van der Waals surface area contributed by atoms with Crippen LogP contribution in [-0.4, -0.2) is 26.4 Å². The van der Waals surface area contributed by atoms with E-state index in [0.29, 0.717) is 6.42 Å². The molecule has 1 atom stereocenters. The second kappa shape index (κ2) is 5.94. The molecule has 23 heavy (non-hydrogen) atoms. The van der Waals surface area contributed by atoms with Crippen LogP contribution < -0.4 is 4.90 Å². The summed E-state index contributed by atoms with van der Waals surface area (Å²) in [6.45, 7) is 4.65. The van der Waals surface area contributed by atoms with Gasteiger partial charge in [0.15, 0.2) is 5.13 Å². The van der Waals surface area contributed by atoms with E-state index in [1.165, 1.54) is 4.70 Å². The third-order valence-corrected chi connectivity index (χ3v) is 5.41. The third-order valence-electron chi connectivity index (χ3n) is 4.31. The number of hydrogen-bond donors (Lipinski definition) is 1. The van der Waals surface area contributed by atoms with Crippen LogP contribution in [0.25, 0.3) is 10.2 Å². The van der Waals surface area contributed by atoms with Gasteiger partial charge >= 0.3 is 0 Å². The molecular formula is C17H20N4OS. The summed E-state index contributed by atoms with van der Waals surface area (Å²) in [6, 6.07) is 10.3. The number of fused-ring (bicyclic) bond motifs is 2. The van der Waals surface area contributed by atoms with E-state index in [0.717, 1.165) is 48.1 Å². The summed E-state index contributed by atoms with van der Waals surface area (Å²) < 4.78 is 3.27. The van der Waals surface area contributed by atoms with Crippen molar-refractivity contribution < 1.29 is 5.11 Å². The highest BCUT2D eigenvalue weighted by molar-refractivity contribution is 7.22. The summed E-state index contributed by atoms with van der Waals surface area (Å²) in [5, 5.41) is 15.7. The molecule has 1 aliphatic heterocycles. The summed E-state index contributed by atoms with van der Waals surface area (Å²) in [4.78, 5) is 7.10. The van der Waals surface area contributed by atoms with Crippen molar-refractivity contribution in [2.45, 2.75) is 39.0 Å². The monoisotopic (exact) mass is 328 g/mol. The van der Waals surface area contributed by atoms with E-state index in [-0.39, 0.29) is 0 Å². The zero-order valence-electron chi connectivity index (χ0n) is 13.1. The molecule has 0 fully saturated rings. The van der Waals surface area contributed by atoms with Crippen LogP contribution in [0.15, 0.2) is 30.3 Å². The van der Waals surface area contributed by atoms with E-state index in [9.17, 15) is 5.11 Å². The molecule has 3 aromatic rings. The smallest absolute Gasteiger partial charge is 0.186 e. The van der Waals surface area contributed by atoms with Crippen molar-refractivity contribution in [2.75, 3.05) is 11.4 Å². The standard InChI is InChI=1S/C17H20N4OS/c1-2-15(22)14-10-12-11-20(8-5-9-21(12)19-14)17-18-13-6-3-4-7-16(13)23-17/h3-4,6-7,10,15,22H,2,5,8-9,11H2,1H3/t15-/m0/s1. The Morgan fingerprint density at radius 2 is 2.17 bits per heavy atom. The highest BCUT2D eigenvalue weighted by Crippen LogP contribution is 2.31. The van der Waals surface area contributed by atoms with Crippen molar-refractivity contribution in [3.05, 3.63) is 41.7 Å². The fraction of sp³-hybridized carbons (Fsp3) is 0.412. The first-order valence-electron chi connectivity index (χ1n) is 8.10. The maximum absolute atomic E-state index is 10.0. The normalized spacial score (nSPS) is 16.3. The van der Waals surface area contributed by atoms with E-state index < -0.39 is 6.10 Å². The number of benzene rings is 1. The van der Waals surface area contributed by atoms with Crippen LogP contribution >= 0.6 is 11.3 Å². The number of rotatable bonds is 3. The Balaban J connectivity index is 1.64. The Hall–Kier alpha value is -1.92. The maximum Gasteiger partial charge on any atom is 0.186 e. The van der Waals surface area contributed by atoms with Gasteiger partial charge in [0.2, 0.25) is 0 Å². The van der Waals surface area contributed by atoms with Crippen LogP contribution in [0.5, 0.6) is 0 Å². The van der Waals surface area contributed by atoms with Gasteiger partial charge in [0.1, 0.15) is 0 Å². The minimum absolute atomic E-state index is 0.467. The summed E-state index contributed by atoms with van der Waals surface area (Å²) in [7, 11) is 0. The Kier molecular flexibility index (Phi) is 3.79. The average Bonchev–Trinajstić information content (AvgIpc) is 3.13. The molecule has 1 N–H and O–H groups in total. The minimum Gasteiger partial charge on any atom is -0.387 e. The van der Waals surface area contributed by atoms with Gasteiger partial charge in [-0.05, 0) is 31.0 Å². The zero-order valence-corrected chi connectivity index (χ0v) is 14.0. The summed E-state index contributed by atoms with van der Waals surface area (Å²) in [6.07, 6.45) is 1.26. The molecule has 6 heteroatoms. The number of aliphatic hydroxyl groups excluding tert-OH is 1. The molecule has 0 saturated heterocycles. The van der Waals surface area contributed by atoms with Gasteiger partial charge < -0.3 is 10.0 Å².